The van der Waals surface area contributed by atoms with Crippen molar-refractivity contribution in [2.24, 2.45) is 10.1 Å². The number of nitrogens with zero attached hydrogens (tertiary/aromatic N) is 2. The molecule has 2 rings (SSSR count). The first-order valence-electron chi connectivity index (χ1n) is 11.8. The zero-order valence-corrected chi connectivity index (χ0v) is 22.6. The Labute approximate surface area is 227 Å². The molecule has 2 atom stereocenters. The SMILES string of the molecule is C#CCOc1cc([C@@H](CCC)NC(=O)[C@]2(C)CSC(/C(C)=N/OCCC[NH3+])=N2)oc(=O)c1.O=C([O-])C(F)(F)F. The molecule has 0 unspecified atom stereocenters. The van der Waals surface area contributed by atoms with E-state index in [-0.39, 0.29) is 12.5 Å². The number of ether oxygens (including phenoxy) is 1. The van der Waals surface area contributed by atoms with Crippen LogP contribution in [0.15, 0.2) is 31.5 Å². The Kier molecular flexibility index (Phi) is 13.6. The van der Waals surface area contributed by atoms with Crippen molar-refractivity contribution in [1.82, 2.24) is 5.32 Å². The van der Waals surface area contributed by atoms with Crippen molar-refractivity contribution in [2.45, 2.75) is 57.8 Å². The van der Waals surface area contributed by atoms with Crippen LogP contribution in [0, 0.1) is 12.3 Å². The van der Waals surface area contributed by atoms with Crippen molar-refractivity contribution >= 4 is 34.4 Å². The summed E-state index contributed by atoms with van der Waals surface area (Å²) in [7, 11) is 0. The normalized spacial score (nSPS) is 17.7. The van der Waals surface area contributed by atoms with Crippen molar-refractivity contribution in [1.29, 1.82) is 0 Å². The number of amides is 1. The van der Waals surface area contributed by atoms with Crippen molar-refractivity contribution < 1.29 is 47.6 Å². The molecule has 0 aromatic carbocycles. The minimum atomic E-state index is -5.19. The summed E-state index contributed by atoms with van der Waals surface area (Å²) >= 11 is 1.45. The van der Waals surface area contributed by atoms with E-state index in [4.69, 9.17) is 30.3 Å². The number of carboxylic acids is 1. The number of carbonyl (C=O) groups excluding carboxylic acids is 2. The van der Waals surface area contributed by atoms with Crippen LogP contribution in [0.3, 0.4) is 0 Å². The third-order valence-electron chi connectivity index (χ3n) is 4.87. The fourth-order valence-electron chi connectivity index (χ4n) is 2.89. The number of carboxylic acid groups (broad SMARTS) is 1. The van der Waals surface area contributed by atoms with Crippen LogP contribution in [-0.2, 0) is 14.4 Å². The van der Waals surface area contributed by atoms with Crippen molar-refractivity contribution in [2.75, 3.05) is 25.5 Å². The predicted octanol–water partition coefficient (Wildman–Crippen LogP) is 0.836. The molecular formula is C24H31F3N4O7S. The van der Waals surface area contributed by atoms with Gasteiger partial charge in [0, 0.05) is 18.2 Å². The van der Waals surface area contributed by atoms with E-state index in [1.807, 2.05) is 6.92 Å². The van der Waals surface area contributed by atoms with E-state index in [1.54, 1.807) is 19.9 Å². The lowest BCUT2D eigenvalue weighted by Gasteiger charge is -2.24. The van der Waals surface area contributed by atoms with Crippen LogP contribution in [0.25, 0.3) is 0 Å². The van der Waals surface area contributed by atoms with Crippen LogP contribution < -0.4 is 26.5 Å². The highest BCUT2D eigenvalue weighted by Gasteiger charge is 2.40. The maximum absolute atomic E-state index is 13.1. The molecule has 0 aliphatic carbocycles. The summed E-state index contributed by atoms with van der Waals surface area (Å²) in [6.07, 6.45) is 2.18. The summed E-state index contributed by atoms with van der Waals surface area (Å²) in [5.74, 6) is 0.168. The molecule has 4 N–H and O–H groups in total. The summed E-state index contributed by atoms with van der Waals surface area (Å²) in [5, 5.41) is 16.5. The summed E-state index contributed by atoms with van der Waals surface area (Å²) in [4.78, 5) is 43.8. The first-order chi connectivity index (χ1) is 18.3. The number of carbonyl (C=O) groups is 2. The van der Waals surface area contributed by atoms with E-state index in [0.717, 1.165) is 19.4 Å². The van der Waals surface area contributed by atoms with Gasteiger partial charge in [0.05, 0.1) is 18.7 Å². The number of nitrogens with one attached hydrogen (secondary N) is 1. The minimum absolute atomic E-state index is 0.0282. The molecule has 0 spiro atoms. The minimum Gasteiger partial charge on any atom is -0.542 e. The van der Waals surface area contributed by atoms with Gasteiger partial charge >= 0.3 is 11.8 Å². The van der Waals surface area contributed by atoms with Crippen LogP contribution >= 0.6 is 11.8 Å². The van der Waals surface area contributed by atoms with Crippen LogP contribution in [0.4, 0.5) is 13.2 Å². The summed E-state index contributed by atoms with van der Waals surface area (Å²) in [6, 6.07) is 2.30. The standard InChI is InChI=1S/C22H30N4O5S.C2HF3O2/c1-5-8-17(18-12-16(29-10-6-2)13-19(27)31-18)24-21(28)22(4)14-32-20(25-22)15(3)26-30-11-7-9-23;3-2(4,5)1(6)7/h2,12-13,17H,5,7-11,14,23H2,1,3-4H3,(H,24,28);(H,6,7)/b26-15+;/t17-,22+;/m1./s1. The first kappa shape index (κ1) is 33.5. The molecule has 0 bridgehead atoms. The predicted molar refractivity (Wildman–Crippen MR) is 136 cm³/mol. The number of oxime groups is 1. The van der Waals surface area contributed by atoms with Crippen LogP contribution in [0.5, 0.6) is 5.75 Å². The summed E-state index contributed by atoms with van der Waals surface area (Å²) in [5.41, 5.74) is 2.84. The Balaban J connectivity index is 0.000000956. The number of aliphatic carboxylic acids is 1. The van der Waals surface area contributed by atoms with Gasteiger partial charge in [0.15, 0.2) is 0 Å². The average molecular weight is 577 g/mol. The van der Waals surface area contributed by atoms with Gasteiger partial charge in [0.25, 0.3) is 0 Å². The molecule has 11 nitrogen and oxygen atoms in total. The Hall–Kier alpha value is -3.51. The van der Waals surface area contributed by atoms with Gasteiger partial charge in [-0.3, -0.25) is 9.79 Å². The zero-order chi connectivity index (χ0) is 29.6. The molecule has 0 fully saturated rings. The van der Waals surface area contributed by atoms with E-state index in [2.05, 4.69) is 27.1 Å². The highest BCUT2D eigenvalue weighted by atomic mass is 32.2. The number of aliphatic imine (C=N–C) groups is 1. The second-order valence-corrected chi connectivity index (χ2v) is 9.27. The summed E-state index contributed by atoms with van der Waals surface area (Å²) in [6.45, 7) is 6.85. The van der Waals surface area contributed by atoms with Crippen LogP contribution in [0.2, 0.25) is 0 Å². The Morgan fingerprint density at radius 2 is 2.10 bits per heavy atom. The average Bonchev–Trinajstić information content (AvgIpc) is 3.28. The van der Waals surface area contributed by atoms with Gasteiger partial charge in [-0.1, -0.05) is 24.4 Å². The van der Waals surface area contributed by atoms with Crippen molar-refractivity contribution in [3.63, 3.8) is 0 Å². The molecule has 1 aromatic rings. The number of hydrogen-bond acceptors (Lipinski definition) is 10. The van der Waals surface area contributed by atoms with E-state index in [9.17, 15) is 22.8 Å². The van der Waals surface area contributed by atoms with E-state index in [1.165, 1.54) is 17.8 Å². The maximum Gasteiger partial charge on any atom is 0.430 e. The fourth-order valence-corrected chi connectivity index (χ4v) is 4.01. The van der Waals surface area contributed by atoms with Gasteiger partial charge in [-0.15, -0.1) is 18.2 Å². The molecule has 0 saturated heterocycles. The largest absolute Gasteiger partial charge is 0.542 e. The molecule has 0 saturated carbocycles. The van der Waals surface area contributed by atoms with Gasteiger partial charge in [0.2, 0.25) is 5.91 Å². The number of quaternary nitrogens is 1. The molecule has 1 amide bonds. The molecule has 1 aliphatic rings. The number of alkyl halides is 3. The fraction of sp³-hybridized carbons (Fsp3) is 0.542. The highest BCUT2D eigenvalue weighted by Crippen LogP contribution is 2.30. The Bertz CT molecular complexity index is 1150. The lowest BCUT2D eigenvalue weighted by molar-refractivity contribution is -0.369. The van der Waals surface area contributed by atoms with Crippen molar-refractivity contribution in [3.05, 3.63) is 28.3 Å². The Morgan fingerprint density at radius 3 is 2.67 bits per heavy atom. The highest BCUT2D eigenvalue weighted by molar-refractivity contribution is 8.16. The van der Waals surface area contributed by atoms with Crippen LogP contribution in [0.1, 0.15) is 51.8 Å². The maximum atomic E-state index is 13.1. The summed E-state index contributed by atoms with van der Waals surface area (Å²) < 4.78 is 42.3. The number of thioether (sulfide) groups is 1. The number of halogens is 3. The topological polar surface area (TPSA) is 170 Å². The molecule has 1 aromatic heterocycles. The second-order valence-electron chi connectivity index (χ2n) is 8.30. The quantitative estimate of drug-likeness (QED) is 0.160. The molecule has 1 aliphatic heterocycles. The lowest BCUT2D eigenvalue weighted by Crippen LogP contribution is -2.50. The lowest BCUT2D eigenvalue weighted by atomic mass is 10.0. The van der Waals surface area contributed by atoms with Gasteiger partial charge in [-0.2, -0.15) is 13.2 Å². The number of terminal acetylenes is 1. The van der Waals surface area contributed by atoms with Gasteiger partial charge in [-0.25, -0.2) is 4.79 Å². The zero-order valence-electron chi connectivity index (χ0n) is 21.8. The third-order valence-corrected chi connectivity index (χ3v) is 6.23. The molecule has 0 radical (unpaired) electrons. The molecule has 15 heteroatoms. The third kappa shape index (κ3) is 11.4. The van der Waals surface area contributed by atoms with E-state index < -0.39 is 29.4 Å². The second kappa shape index (κ2) is 15.8. The monoisotopic (exact) mass is 576 g/mol. The number of rotatable bonds is 12. The van der Waals surface area contributed by atoms with E-state index >= 15 is 0 Å². The van der Waals surface area contributed by atoms with Crippen molar-refractivity contribution in [3.8, 4) is 18.1 Å². The van der Waals surface area contributed by atoms with Gasteiger partial charge < -0.3 is 34.9 Å². The Morgan fingerprint density at radius 1 is 1.44 bits per heavy atom. The van der Waals surface area contributed by atoms with Gasteiger partial charge in [-0.05, 0) is 20.3 Å². The molecular weight excluding hydrogens is 545 g/mol. The first-order valence-corrected chi connectivity index (χ1v) is 12.7. The molecule has 39 heavy (non-hydrogen) atoms. The molecule has 216 valence electrons. The van der Waals surface area contributed by atoms with E-state index in [0.29, 0.717) is 41.0 Å². The number of hydrogen-bond donors (Lipinski definition) is 2. The van der Waals surface area contributed by atoms with Crippen LogP contribution in [-0.4, -0.2) is 59.9 Å². The van der Waals surface area contributed by atoms with Gasteiger partial charge in [0.1, 0.15) is 47.0 Å². The smallest absolute Gasteiger partial charge is 0.430 e. The molecule has 2 heterocycles.